The summed E-state index contributed by atoms with van der Waals surface area (Å²) in [6.45, 7) is 9.45. The minimum Gasteiger partial charge on any atom is -0.340 e. The summed E-state index contributed by atoms with van der Waals surface area (Å²) in [6.07, 6.45) is 7.63. The highest BCUT2D eigenvalue weighted by molar-refractivity contribution is 7.89. The van der Waals surface area contributed by atoms with Crippen molar-refractivity contribution in [3.05, 3.63) is 133 Å². The fraction of sp³-hybridized carbons (Fsp3) is 0.327. The summed E-state index contributed by atoms with van der Waals surface area (Å²) in [5.74, 6) is 1.73. The van der Waals surface area contributed by atoms with Gasteiger partial charge in [0.1, 0.15) is 29.6 Å². The highest BCUT2D eigenvalue weighted by Gasteiger charge is 2.31. The Morgan fingerprint density at radius 1 is 0.657 bits per heavy atom. The number of hydrogen-bond donors (Lipinski definition) is 6. The fourth-order valence-electron chi connectivity index (χ4n) is 7.70. The molecule has 70 heavy (non-hydrogen) atoms. The first kappa shape index (κ1) is 52.9. The Hall–Kier alpha value is -6.49. The average molecular weight is 999 g/mol. The van der Waals surface area contributed by atoms with Crippen LogP contribution in [0.15, 0.2) is 125 Å². The van der Waals surface area contributed by atoms with Crippen molar-refractivity contribution >= 4 is 72.6 Å². The molecule has 17 nitrogen and oxygen atoms in total. The van der Waals surface area contributed by atoms with Crippen LogP contribution in [0, 0.1) is 30.4 Å². The number of aryl methyl sites for hydroxylation is 1. The monoisotopic (exact) mass is 998 g/mol. The summed E-state index contributed by atoms with van der Waals surface area (Å²) >= 11 is 0. The summed E-state index contributed by atoms with van der Waals surface area (Å²) in [4.78, 5) is 26.6. The first-order chi connectivity index (χ1) is 33.7. The second-order valence-corrected chi connectivity index (χ2v) is 20.4. The number of nitrogens with one attached hydrogen (secondary N) is 5. The van der Waals surface area contributed by atoms with Crippen LogP contribution in [-0.4, -0.2) is 97.5 Å². The predicted molar refractivity (Wildman–Crippen MR) is 270 cm³/mol. The Morgan fingerprint density at radius 2 is 1.10 bits per heavy atom. The molecule has 6 aromatic rings. The number of carbonyl (C=O) groups excluding carboxylic acids is 1. The van der Waals surface area contributed by atoms with Crippen molar-refractivity contribution in [2.24, 2.45) is 17.6 Å². The summed E-state index contributed by atoms with van der Waals surface area (Å²) in [5.41, 5.74) is 9.01. The van der Waals surface area contributed by atoms with Crippen molar-refractivity contribution in [3.63, 3.8) is 0 Å². The number of nitrogens with zero attached hydrogens (tertiary/aromatic N) is 6. The lowest BCUT2D eigenvalue weighted by Gasteiger charge is -2.32. The minimum absolute atomic E-state index is 0.200. The number of sulfonamides is 2. The van der Waals surface area contributed by atoms with E-state index in [1.807, 2.05) is 0 Å². The van der Waals surface area contributed by atoms with E-state index in [2.05, 4.69) is 53.4 Å². The van der Waals surface area contributed by atoms with Gasteiger partial charge in [0.05, 0.1) is 9.79 Å². The maximum Gasteiger partial charge on any atom is 0.243 e. The second kappa shape index (κ2) is 25.4. The molecule has 2 aromatic heterocycles. The Morgan fingerprint density at radius 3 is 1.59 bits per heavy atom. The van der Waals surface area contributed by atoms with E-state index in [-0.39, 0.29) is 27.3 Å². The van der Waals surface area contributed by atoms with Crippen LogP contribution >= 0.6 is 0 Å². The zero-order chi connectivity index (χ0) is 50.1. The van der Waals surface area contributed by atoms with E-state index < -0.39 is 20.0 Å². The van der Waals surface area contributed by atoms with Crippen LogP contribution in [0.3, 0.4) is 0 Å². The van der Waals surface area contributed by atoms with Crippen LogP contribution < -0.4 is 32.3 Å². The first-order valence-electron chi connectivity index (χ1n) is 23.0. The third-order valence-electron chi connectivity index (χ3n) is 11.3. The van der Waals surface area contributed by atoms with Gasteiger partial charge in [0.2, 0.25) is 31.9 Å². The smallest absolute Gasteiger partial charge is 0.243 e. The van der Waals surface area contributed by atoms with E-state index >= 15 is 0 Å². The lowest BCUT2D eigenvalue weighted by atomic mass is 10.00. The highest BCUT2D eigenvalue weighted by Crippen LogP contribution is 2.28. The highest BCUT2D eigenvalue weighted by atomic mass is 32.2. The summed E-state index contributed by atoms with van der Waals surface area (Å²) in [5, 5.41) is 15.7. The topological polar surface area (TPSA) is 230 Å². The average Bonchev–Trinajstić information content (AvgIpc) is 3.36. The number of carbonyl (C=O) groups is 1. The standard InChI is InChI=1S/C24H29FN6O2S.C23H27FN6O2S.C2H4O/c1-2-26-16-18-4-3-15-31(17-18)34(32,33)22-11-9-21(10-12-22)29-24-27-14-13-23(30-24)28-20-7-5-19(25)6-8-20;1-16-13-19(6-9-21(16)24)27-22-10-11-26-23(29-22)28-18-4-7-20(8-5-18)33(31,32)30-12-2-3-17(14-25)15-30;1-2-3/h5-14,18,26H,2-4,15-17H2,1H3,(H2,27,28,29,30);4-11,13,17H,2-3,12,14-15,25H2,1H3,(H2,26,27,28,29);2H,1H3. The van der Waals surface area contributed by atoms with E-state index in [0.29, 0.717) is 90.5 Å². The van der Waals surface area contributed by atoms with Gasteiger partial charge in [-0.05, 0) is 180 Å². The van der Waals surface area contributed by atoms with Gasteiger partial charge in [0.25, 0.3) is 0 Å². The molecule has 21 heteroatoms. The van der Waals surface area contributed by atoms with Gasteiger partial charge in [0, 0.05) is 61.3 Å². The molecular weight excluding hydrogens is 939 g/mol. The third-order valence-corrected chi connectivity index (χ3v) is 15.1. The van der Waals surface area contributed by atoms with Crippen LogP contribution in [0.1, 0.15) is 45.1 Å². The molecule has 0 amide bonds. The first-order valence-corrected chi connectivity index (χ1v) is 25.9. The molecule has 2 aliphatic rings. The van der Waals surface area contributed by atoms with Gasteiger partial charge in [-0.15, -0.1) is 0 Å². The number of aldehydes is 1. The number of anilines is 8. The van der Waals surface area contributed by atoms with Crippen molar-refractivity contribution in [2.45, 2.75) is 56.2 Å². The molecule has 7 N–H and O–H groups in total. The lowest BCUT2D eigenvalue weighted by molar-refractivity contribution is -0.106. The van der Waals surface area contributed by atoms with Gasteiger partial charge in [-0.25, -0.2) is 35.6 Å². The molecule has 2 fully saturated rings. The normalized spacial score (nSPS) is 16.4. The molecule has 372 valence electrons. The van der Waals surface area contributed by atoms with Gasteiger partial charge < -0.3 is 37.1 Å². The molecular formula is C49H60F2N12O5S2. The zero-order valence-corrected chi connectivity index (χ0v) is 41.0. The van der Waals surface area contributed by atoms with Crippen molar-refractivity contribution in [3.8, 4) is 0 Å². The quantitative estimate of drug-likeness (QED) is 0.0504. The van der Waals surface area contributed by atoms with Gasteiger partial charge in [-0.3, -0.25) is 0 Å². The molecule has 0 bridgehead atoms. The molecule has 0 radical (unpaired) electrons. The predicted octanol–water partition coefficient (Wildman–Crippen LogP) is 8.09. The number of hydrogen-bond acceptors (Lipinski definition) is 15. The van der Waals surface area contributed by atoms with Crippen molar-refractivity contribution in [1.29, 1.82) is 0 Å². The number of rotatable bonds is 16. The van der Waals surface area contributed by atoms with Gasteiger partial charge >= 0.3 is 0 Å². The van der Waals surface area contributed by atoms with Crippen molar-refractivity contribution in [1.82, 2.24) is 33.9 Å². The van der Waals surface area contributed by atoms with Crippen molar-refractivity contribution < 1.29 is 30.4 Å². The number of halogens is 2. The second-order valence-electron chi connectivity index (χ2n) is 16.6. The summed E-state index contributed by atoms with van der Waals surface area (Å²) < 4.78 is 82.0. The maximum atomic E-state index is 13.5. The van der Waals surface area contributed by atoms with E-state index in [1.165, 1.54) is 29.4 Å². The molecule has 0 aliphatic carbocycles. The fourth-order valence-corrected chi connectivity index (χ4v) is 10.8. The number of nitrogens with two attached hydrogens (primary N) is 1. The van der Waals surface area contributed by atoms with Crippen LogP contribution in [0.5, 0.6) is 0 Å². The maximum absolute atomic E-state index is 13.5. The Bertz CT molecular complexity index is 2850. The minimum atomic E-state index is -3.56. The summed E-state index contributed by atoms with van der Waals surface area (Å²) in [6, 6.07) is 27.2. The Labute approximate surface area is 408 Å². The molecule has 0 spiro atoms. The van der Waals surface area contributed by atoms with E-state index in [1.54, 1.807) is 109 Å². The van der Waals surface area contributed by atoms with Crippen LogP contribution in [0.2, 0.25) is 0 Å². The van der Waals surface area contributed by atoms with Crippen molar-refractivity contribution in [2.75, 3.05) is 67.1 Å². The molecule has 2 saturated heterocycles. The van der Waals surface area contributed by atoms with E-state index in [0.717, 1.165) is 45.1 Å². The number of aromatic nitrogens is 4. The van der Waals surface area contributed by atoms with Gasteiger partial charge in [-0.2, -0.15) is 18.6 Å². The zero-order valence-electron chi connectivity index (χ0n) is 39.4. The van der Waals surface area contributed by atoms with Gasteiger partial charge in [-0.1, -0.05) is 6.92 Å². The molecule has 4 aromatic carbocycles. The SMILES string of the molecule is CC=O.CCNCC1CCCN(S(=O)(=O)c2ccc(Nc3nccc(Nc4ccc(F)cc4)n3)cc2)C1.Cc1cc(Nc2ccnc(Nc3ccc(S(=O)(=O)N4CCCC(CN)C4)cc3)n2)ccc1F. The summed E-state index contributed by atoms with van der Waals surface area (Å²) in [7, 11) is -7.10. The third kappa shape index (κ3) is 15.0. The molecule has 2 aliphatic heterocycles. The molecule has 4 heterocycles. The van der Waals surface area contributed by atoms with E-state index in [4.69, 9.17) is 10.5 Å². The van der Waals surface area contributed by atoms with Gasteiger partial charge in [0.15, 0.2) is 0 Å². The van der Waals surface area contributed by atoms with Crippen LogP contribution in [0.4, 0.5) is 55.1 Å². The molecule has 2 unspecified atom stereocenters. The molecule has 2 atom stereocenters. The van der Waals surface area contributed by atoms with Crippen LogP contribution in [-0.2, 0) is 24.8 Å². The lowest BCUT2D eigenvalue weighted by Crippen LogP contribution is -2.42. The Balaban J connectivity index is 0.000000218. The largest absolute Gasteiger partial charge is 0.340 e. The van der Waals surface area contributed by atoms with E-state index in [9.17, 15) is 25.6 Å². The molecule has 8 rings (SSSR count). The van der Waals surface area contributed by atoms with Crippen LogP contribution in [0.25, 0.3) is 0 Å². The Kier molecular flexibility index (Phi) is 19.2. The number of benzene rings is 4. The molecule has 0 saturated carbocycles. The number of piperidine rings is 2.